The van der Waals surface area contributed by atoms with Crippen LogP contribution >= 0.6 is 15.9 Å². The Morgan fingerprint density at radius 3 is 2.64 bits per heavy atom. The molecule has 0 heterocycles. The number of hydrogen-bond donors (Lipinski definition) is 1. The summed E-state index contributed by atoms with van der Waals surface area (Å²) in [4.78, 5) is 13.1. The fourth-order valence-electron chi connectivity index (χ4n) is 0.681. The Morgan fingerprint density at radius 1 is 1.64 bits per heavy atom. The molecule has 3 nitrogen and oxygen atoms in total. The van der Waals surface area contributed by atoms with Gasteiger partial charge in [-0.2, -0.15) is 5.26 Å². The molecule has 1 fully saturated rings. The fourth-order valence-corrected chi connectivity index (χ4v) is 0.861. The van der Waals surface area contributed by atoms with E-state index in [1.54, 1.807) is 0 Å². The highest BCUT2D eigenvalue weighted by molar-refractivity contribution is 9.12. The third-order valence-corrected chi connectivity index (χ3v) is 1.68. The summed E-state index contributed by atoms with van der Waals surface area (Å²) in [5.41, 5.74) is -0.603. The van der Waals surface area contributed by atoms with E-state index in [2.05, 4.69) is 32.0 Å². The number of halogens is 1. The lowest BCUT2D eigenvalue weighted by Gasteiger charge is -2.02. The van der Waals surface area contributed by atoms with Crippen LogP contribution in [0, 0.1) is 22.1 Å². The van der Waals surface area contributed by atoms with Crippen molar-refractivity contribution in [1.29, 1.82) is 5.26 Å². The number of carbonyl (C=O) groups is 1. The van der Waals surface area contributed by atoms with Crippen LogP contribution in [0.25, 0.3) is 0 Å². The number of amides is 1. The summed E-state index contributed by atoms with van der Waals surface area (Å²) >= 11 is 2.79. The number of nitriles is 1. The van der Waals surface area contributed by atoms with Crippen LogP contribution in [0.1, 0.15) is 12.8 Å². The molecule has 0 aromatic rings. The maximum Gasteiger partial charge on any atom is 0.298 e. The molecule has 0 spiro atoms. The molecule has 0 aromatic carbocycles. The minimum atomic E-state index is -0.603. The van der Waals surface area contributed by atoms with Crippen molar-refractivity contribution in [3.8, 4) is 16.8 Å². The van der Waals surface area contributed by atoms with Crippen molar-refractivity contribution in [2.24, 2.45) is 0 Å². The van der Waals surface area contributed by atoms with Crippen LogP contribution in [-0.4, -0.2) is 11.4 Å². The van der Waals surface area contributed by atoms with Gasteiger partial charge in [0.2, 0.25) is 0 Å². The number of rotatable bonds is 1. The van der Waals surface area contributed by atoms with Crippen LogP contribution < -0.4 is 5.32 Å². The Hall–Kier alpha value is -1.00. The van der Waals surface area contributed by atoms with Crippen molar-refractivity contribution in [2.45, 2.75) is 18.4 Å². The van der Waals surface area contributed by atoms with E-state index < -0.39 is 11.4 Å². The minimum absolute atomic E-state index is 0.402. The molecule has 56 valence electrons. The summed E-state index contributed by atoms with van der Waals surface area (Å²) in [5.74, 6) is 1.84. The first kappa shape index (κ1) is 8.10. The number of hydrogen-bond acceptors (Lipinski definition) is 2. The summed E-state index contributed by atoms with van der Waals surface area (Å²) in [6.45, 7) is 0. The SMILES string of the molecule is N#CC1(NC(=O)C#CBr)CC1. The van der Waals surface area contributed by atoms with Crippen molar-refractivity contribution in [3.05, 3.63) is 0 Å². The monoisotopic (exact) mass is 212 g/mol. The molecule has 11 heavy (non-hydrogen) atoms. The first-order valence-corrected chi connectivity index (χ1v) is 3.87. The molecule has 0 atom stereocenters. The van der Waals surface area contributed by atoms with E-state index in [1.165, 1.54) is 0 Å². The minimum Gasteiger partial charge on any atom is -0.327 e. The molecule has 0 unspecified atom stereocenters. The van der Waals surface area contributed by atoms with Gasteiger partial charge in [0.15, 0.2) is 0 Å². The van der Waals surface area contributed by atoms with Gasteiger partial charge in [0, 0.05) is 21.9 Å². The zero-order valence-electron chi connectivity index (χ0n) is 5.65. The molecule has 1 aliphatic rings. The maximum atomic E-state index is 10.8. The van der Waals surface area contributed by atoms with Gasteiger partial charge >= 0.3 is 0 Å². The van der Waals surface area contributed by atoms with Crippen LogP contribution in [0.4, 0.5) is 0 Å². The average molecular weight is 213 g/mol. The van der Waals surface area contributed by atoms with Gasteiger partial charge in [-0.05, 0) is 17.7 Å². The molecule has 0 saturated heterocycles. The van der Waals surface area contributed by atoms with Gasteiger partial charge in [0.25, 0.3) is 5.91 Å². The van der Waals surface area contributed by atoms with Gasteiger partial charge in [0.1, 0.15) is 5.54 Å². The standard InChI is InChI=1S/C7H5BrN2O/c8-4-1-6(11)10-7(5-9)2-3-7/h2-3H2,(H,10,11). The Morgan fingerprint density at radius 2 is 2.27 bits per heavy atom. The summed E-state index contributed by atoms with van der Waals surface area (Å²) in [6.07, 6.45) is 1.47. The highest BCUT2D eigenvalue weighted by Crippen LogP contribution is 2.33. The van der Waals surface area contributed by atoms with Crippen molar-refractivity contribution >= 4 is 21.8 Å². The molecule has 1 amide bonds. The van der Waals surface area contributed by atoms with E-state index in [4.69, 9.17) is 5.26 Å². The Kier molecular flexibility index (Phi) is 2.16. The van der Waals surface area contributed by atoms with Gasteiger partial charge < -0.3 is 5.32 Å². The van der Waals surface area contributed by atoms with Gasteiger partial charge in [0.05, 0.1) is 6.07 Å². The van der Waals surface area contributed by atoms with Crippen LogP contribution in [0.15, 0.2) is 0 Å². The summed E-state index contributed by atoms with van der Waals surface area (Å²) < 4.78 is 0. The molecular weight excluding hydrogens is 208 g/mol. The van der Waals surface area contributed by atoms with E-state index in [0.717, 1.165) is 12.8 Å². The van der Waals surface area contributed by atoms with Crippen LogP contribution in [0.2, 0.25) is 0 Å². The molecule has 1 saturated carbocycles. The van der Waals surface area contributed by atoms with Gasteiger partial charge in [-0.3, -0.25) is 4.79 Å². The quantitative estimate of drug-likeness (QED) is 0.645. The third kappa shape index (κ3) is 1.96. The Labute approximate surface area is 72.9 Å². The summed E-state index contributed by atoms with van der Waals surface area (Å²) in [5, 5.41) is 11.1. The number of nitrogens with one attached hydrogen (secondary N) is 1. The summed E-state index contributed by atoms with van der Waals surface area (Å²) in [6, 6.07) is 2.03. The second-order valence-electron chi connectivity index (χ2n) is 2.37. The first-order valence-electron chi connectivity index (χ1n) is 3.07. The highest BCUT2D eigenvalue weighted by Gasteiger charge is 2.44. The van der Waals surface area contributed by atoms with Crippen molar-refractivity contribution < 1.29 is 4.79 Å². The molecule has 4 heteroatoms. The van der Waals surface area contributed by atoms with Gasteiger partial charge in [-0.1, -0.05) is 0 Å². The van der Waals surface area contributed by atoms with E-state index in [1.807, 2.05) is 6.07 Å². The average Bonchev–Trinajstić information content (AvgIpc) is 2.70. The molecule has 0 radical (unpaired) electrons. The Bertz CT molecular complexity index is 277. The van der Waals surface area contributed by atoms with E-state index in [0.29, 0.717) is 0 Å². The van der Waals surface area contributed by atoms with Crippen molar-refractivity contribution in [3.63, 3.8) is 0 Å². The fraction of sp³-hybridized carbons (Fsp3) is 0.429. The van der Waals surface area contributed by atoms with E-state index in [-0.39, 0.29) is 0 Å². The smallest absolute Gasteiger partial charge is 0.298 e. The zero-order chi connectivity index (χ0) is 8.32. The lowest BCUT2D eigenvalue weighted by Crippen LogP contribution is -2.34. The predicted octanol–water partition coefficient (Wildman–Crippen LogP) is 0.515. The zero-order valence-corrected chi connectivity index (χ0v) is 7.23. The van der Waals surface area contributed by atoms with Crippen LogP contribution in [0.5, 0.6) is 0 Å². The van der Waals surface area contributed by atoms with Crippen molar-refractivity contribution in [2.75, 3.05) is 0 Å². The topological polar surface area (TPSA) is 52.9 Å². The molecule has 0 aliphatic heterocycles. The molecule has 0 bridgehead atoms. The van der Waals surface area contributed by atoms with E-state index >= 15 is 0 Å². The molecular formula is C7H5BrN2O. The van der Waals surface area contributed by atoms with E-state index in [9.17, 15) is 4.79 Å². The first-order chi connectivity index (χ1) is 5.22. The normalized spacial score (nSPS) is 17.1. The predicted molar refractivity (Wildman–Crippen MR) is 42.4 cm³/mol. The maximum absolute atomic E-state index is 10.8. The Balaban J connectivity index is 2.48. The highest BCUT2D eigenvalue weighted by atomic mass is 79.9. The van der Waals surface area contributed by atoms with Crippen LogP contribution in [-0.2, 0) is 4.79 Å². The molecule has 0 aromatic heterocycles. The van der Waals surface area contributed by atoms with Crippen LogP contribution in [0.3, 0.4) is 0 Å². The lowest BCUT2D eigenvalue weighted by molar-refractivity contribution is -0.116. The van der Waals surface area contributed by atoms with Gasteiger partial charge in [-0.15, -0.1) is 0 Å². The molecule has 1 aliphatic carbocycles. The number of nitrogens with zero attached hydrogens (tertiary/aromatic N) is 1. The number of carbonyl (C=O) groups excluding carboxylic acids is 1. The second kappa shape index (κ2) is 2.94. The molecule has 1 rings (SSSR count). The second-order valence-corrected chi connectivity index (χ2v) is 2.76. The molecule has 1 N–H and O–H groups in total. The largest absolute Gasteiger partial charge is 0.327 e. The van der Waals surface area contributed by atoms with Crippen molar-refractivity contribution in [1.82, 2.24) is 5.32 Å². The summed E-state index contributed by atoms with van der Waals surface area (Å²) in [7, 11) is 0. The lowest BCUT2D eigenvalue weighted by atomic mass is 10.3. The van der Waals surface area contributed by atoms with Gasteiger partial charge in [-0.25, -0.2) is 0 Å². The third-order valence-electron chi connectivity index (χ3n) is 1.48.